The number of aliphatic hydroxyl groups is 1. The molecule has 0 radical (unpaired) electrons. The molecular weight excluding hydrogens is 256 g/mol. The minimum absolute atomic E-state index is 0.692. The highest BCUT2D eigenvalue weighted by molar-refractivity contribution is 5.21. The maximum atomic E-state index is 11.1. The molecule has 0 aromatic heterocycles. The highest BCUT2D eigenvalue weighted by Crippen LogP contribution is 2.24. The van der Waals surface area contributed by atoms with Gasteiger partial charge in [-0.3, -0.25) is 0 Å². The van der Waals surface area contributed by atoms with Gasteiger partial charge in [0.25, 0.3) is 0 Å². The van der Waals surface area contributed by atoms with E-state index in [0.717, 1.165) is 12.8 Å². The summed E-state index contributed by atoms with van der Waals surface area (Å²) in [5.41, 5.74) is 1.69. The van der Waals surface area contributed by atoms with Crippen LogP contribution >= 0.6 is 0 Å². The molecule has 0 amide bonds. The molecular formula is C20H24O. The van der Waals surface area contributed by atoms with Gasteiger partial charge < -0.3 is 5.11 Å². The molecule has 21 heavy (non-hydrogen) atoms. The van der Waals surface area contributed by atoms with Crippen LogP contribution in [-0.4, -0.2) is 10.7 Å². The molecule has 1 N–H and O–H groups in total. The van der Waals surface area contributed by atoms with Crippen LogP contribution in [0.1, 0.15) is 30.9 Å². The van der Waals surface area contributed by atoms with Gasteiger partial charge in [-0.2, -0.15) is 0 Å². The van der Waals surface area contributed by atoms with Crippen molar-refractivity contribution in [3.05, 3.63) is 83.9 Å². The van der Waals surface area contributed by atoms with E-state index in [2.05, 4.69) is 30.3 Å². The van der Waals surface area contributed by atoms with Crippen molar-refractivity contribution in [3.8, 4) is 0 Å². The third kappa shape index (κ3) is 5.20. The number of allylic oxidation sites excluding steroid dienone is 2. The number of benzene rings is 2. The van der Waals surface area contributed by atoms with E-state index in [-0.39, 0.29) is 0 Å². The number of hydrogen-bond acceptors (Lipinski definition) is 1. The Hall–Kier alpha value is -1.86. The van der Waals surface area contributed by atoms with Crippen molar-refractivity contribution in [2.75, 3.05) is 0 Å². The Labute approximate surface area is 128 Å². The largest absolute Gasteiger partial charge is 0.389 e. The molecule has 0 heterocycles. The summed E-state index contributed by atoms with van der Waals surface area (Å²) in [5.74, 6) is 0. The van der Waals surface area contributed by atoms with Crippen molar-refractivity contribution >= 4 is 0 Å². The summed E-state index contributed by atoms with van der Waals surface area (Å²) < 4.78 is 0. The van der Waals surface area contributed by atoms with Crippen molar-refractivity contribution in [1.82, 2.24) is 0 Å². The SMILES string of the molecule is C/C=C/CCC(O)(Cc1ccccc1)Cc1ccccc1. The topological polar surface area (TPSA) is 20.2 Å². The molecule has 0 aliphatic carbocycles. The third-order valence-electron chi connectivity index (χ3n) is 3.76. The number of rotatable bonds is 7. The molecule has 0 unspecified atom stereocenters. The van der Waals surface area contributed by atoms with E-state index in [1.807, 2.05) is 49.4 Å². The fourth-order valence-electron chi connectivity index (χ4n) is 2.71. The van der Waals surface area contributed by atoms with Crippen LogP contribution in [0.25, 0.3) is 0 Å². The lowest BCUT2D eigenvalue weighted by Gasteiger charge is -2.28. The van der Waals surface area contributed by atoms with Crippen molar-refractivity contribution in [2.45, 2.75) is 38.2 Å². The third-order valence-corrected chi connectivity index (χ3v) is 3.76. The summed E-state index contributed by atoms with van der Waals surface area (Å²) >= 11 is 0. The van der Waals surface area contributed by atoms with Gasteiger partial charge >= 0.3 is 0 Å². The van der Waals surface area contributed by atoms with Gasteiger partial charge in [0.1, 0.15) is 0 Å². The molecule has 0 saturated heterocycles. The Kier molecular flexibility index (Phi) is 5.77. The molecule has 2 rings (SSSR count). The first-order valence-corrected chi connectivity index (χ1v) is 7.63. The molecule has 1 heteroatoms. The monoisotopic (exact) mass is 280 g/mol. The fourth-order valence-corrected chi connectivity index (χ4v) is 2.71. The highest BCUT2D eigenvalue weighted by Gasteiger charge is 2.26. The Bertz CT molecular complexity index is 501. The maximum absolute atomic E-state index is 11.1. The molecule has 0 atom stereocenters. The van der Waals surface area contributed by atoms with Crippen molar-refractivity contribution in [3.63, 3.8) is 0 Å². The van der Waals surface area contributed by atoms with Crippen molar-refractivity contribution < 1.29 is 5.11 Å². The summed E-state index contributed by atoms with van der Waals surface area (Å²) in [6.45, 7) is 2.02. The normalized spacial score (nSPS) is 11.9. The molecule has 0 saturated carbocycles. The lowest BCUT2D eigenvalue weighted by Crippen LogP contribution is -2.34. The minimum Gasteiger partial charge on any atom is -0.389 e. The zero-order chi connectivity index (χ0) is 15.0. The van der Waals surface area contributed by atoms with E-state index < -0.39 is 5.60 Å². The average molecular weight is 280 g/mol. The lowest BCUT2D eigenvalue weighted by atomic mass is 9.84. The molecule has 2 aromatic carbocycles. The van der Waals surface area contributed by atoms with E-state index >= 15 is 0 Å². The summed E-state index contributed by atoms with van der Waals surface area (Å²) in [5, 5.41) is 11.1. The van der Waals surface area contributed by atoms with E-state index in [4.69, 9.17) is 0 Å². The molecule has 1 nitrogen and oxygen atoms in total. The quantitative estimate of drug-likeness (QED) is 0.737. The van der Waals surface area contributed by atoms with Gasteiger partial charge in [0.15, 0.2) is 0 Å². The molecule has 2 aromatic rings. The summed E-state index contributed by atoms with van der Waals surface area (Å²) in [4.78, 5) is 0. The Morgan fingerprint density at radius 2 is 1.33 bits per heavy atom. The zero-order valence-corrected chi connectivity index (χ0v) is 12.7. The second-order valence-electron chi connectivity index (χ2n) is 5.66. The van der Waals surface area contributed by atoms with Crippen LogP contribution in [0.2, 0.25) is 0 Å². The number of hydrogen-bond donors (Lipinski definition) is 1. The molecule has 0 aliphatic heterocycles. The molecule has 0 bridgehead atoms. The second-order valence-corrected chi connectivity index (χ2v) is 5.66. The highest BCUT2D eigenvalue weighted by atomic mass is 16.3. The van der Waals surface area contributed by atoms with E-state index in [0.29, 0.717) is 12.8 Å². The predicted molar refractivity (Wildman–Crippen MR) is 89.3 cm³/mol. The van der Waals surface area contributed by atoms with Gasteiger partial charge in [-0.1, -0.05) is 72.8 Å². The van der Waals surface area contributed by atoms with E-state index in [9.17, 15) is 5.11 Å². The van der Waals surface area contributed by atoms with Crippen LogP contribution in [0, 0.1) is 0 Å². The molecule has 0 spiro atoms. The lowest BCUT2D eigenvalue weighted by molar-refractivity contribution is 0.0329. The summed E-state index contributed by atoms with van der Waals surface area (Å²) in [7, 11) is 0. The first-order valence-electron chi connectivity index (χ1n) is 7.63. The molecule has 110 valence electrons. The minimum atomic E-state index is -0.692. The van der Waals surface area contributed by atoms with Crippen LogP contribution < -0.4 is 0 Å². The van der Waals surface area contributed by atoms with Gasteiger partial charge in [-0.05, 0) is 30.9 Å². The Morgan fingerprint density at radius 3 is 1.76 bits per heavy atom. The van der Waals surface area contributed by atoms with Crippen molar-refractivity contribution in [2.24, 2.45) is 0 Å². The fraction of sp³-hybridized carbons (Fsp3) is 0.300. The summed E-state index contributed by atoms with van der Waals surface area (Å²) in [6.07, 6.45) is 7.25. The van der Waals surface area contributed by atoms with E-state index in [1.165, 1.54) is 11.1 Å². The standard InChI is InChI=1S/C20H24O/c1-2-3-10-15-20(21,16-18-11-6-4-7-12-18)17-19-13-8-5-9-14-19/h2-9,11-14,21H,10,15-17H2,1H3/b3-2+. The van der Waals surface area contributed by atoms with Gasteiger partial charge in [0, 0.05) is 12.8 Å². The van der Waals surface area contributed by atoms with Crippen LogP contribution in [0.4, 0.5) is 0 Å². The second kappa shape index (κ2) is 7.80. The van der Waals surface area contributed by atoms with Gasteiger partial charge in [0.05, 0.1) is 5.60 Å². The van der Waals surface area contributed by atoms with Crippen LogP contribution in [0.5, 0.6) is 0 Å². The van der Waals surface area contributed by atoms with Crippen LogP contribution in [0.15, 0.2) is 72.8 Å². The maximum Gasteiger partial charge on any atom is 0.0731 e. The van der Waals surface area contributed by atoms with Gasteiger partial charge in [0.2, 0.25) is 0 Å². The molecule has 0 fully saturated rings. The van der Waals surface area contributed by atoms with Gasteiger partial charge in [-0.15, -0.1) is 0 Å². The molecule has 0 aliphatic rings. The first kappa shape index (κ1) is 15.5. The van der Waals surface area contributed by atoms with E-state index in [1.54, 1.807) is 0 Å². The summed E-state index contributed by atoms with van der Waals surface area (Å²) in [6, 6.07) is 20.5. The zero-order valence-electron chi connectivity index (χ0n) is 12.7. The van der Waals surface area contributed by atoms with Gasteiger partial charge in [-0.25, -0.2) is 0 Å². The van der Waals surface area contributed by atoms with Crippen LogP contribution in [0.3, 0.4) is 0 Å². The van der Waals surface area contributed by atoms with Crippen LogP contribution in [-0.2, 0) is 12.8 Å². The predicted octanol–water partition coefficient (Wildman–Crippen LogP) is 4.56. The first-order chi connectivity index (χ1) is 10.2. The Balaban J connectivity index is 2.13. The Morgan fingerprint density at radius 1 is 0.857 bits per heavy atom. The average Bonchev–Trinajstić information content (AvgIpc) is 2.49. The van der Waals surface area contributed by atoms with Crippen molar-refractivity contribution in [1.29, 1.82) is 0 Å². The smallest absolute Gasteiger partial charge is 0.0731 e.